The first-order chi connectivity index (χ1) is 14.7. The Kier molecular flexibility index (Phi) is 7.73. The molecule has 2 atom stereocenters. The van der Waals surface area contributed by atoms with Crippen molar-refractivity contribution >= 4 is 38.5 Å². The lowest BCUT2D eigenvalue weighted by Crippen LogP contribution is -2.61. The lowest BCUT2D eigenvalue weighted by Gasteiger charge is -2.33. The maximum absolute atomic E-state index is 13.2. The van der Waals surface area contributed by atoms with Gasteiger partial charge in [0.25, 0.3) is 0 Å². The molecule has 0 heterocycles. The van der Waals surface area contributed by atoms with Crippen LogP contribution in [0.2, 0.25) is 0 Å². The van der Waals surface area contributed by atoms with Crippen LogP contribution in [0.5, 0.6) is 0 Å². The summed E-state index contributed by atoms with van der Waals surface area (Å²) in [5, 5.41) is 2.65. The molecule has 2 N–H and O–H groups in total. The molecule has 0 bridgehead atoms. The van der Waals surface area contributed by atoms with Crippen LogP contribution in [0.25, 0.3) is 4.85 Å². The smallest absolute Gasteiger partial charge is 0.249 e. The van der Waals surface area contributed by atoms with E-state index in [0.29, 0.717) is 16.9 Å². The van der Waals surface area contributed by atoms with Gasteiger partial charge in [-0.05, 0) is 76.6 Å². The molecular formula is C22H26FN3O4S2. The number of hydrogen-bond donors (Lipinski definition) is 2. The Hall–Kier alpha value is -2.45. The van der Waals surface area contributed by atoms with E-state index in [2.05, 4.69) is 14.9 Å². The molecule has 0 saturated heterocycles. The van der Waals surface area contributed by atoms with E-state index in [4.69, 9.17) is 6.57 Å². The Bertz CT molecular complexity index is 1140. The maximum Gasteiger partial charge on any atom is 0.249 e. The summed E-state index contributed by atoms with van der Waals surface area (Å²) in [5.74, 6) is -2.01. The number of nitrogens with one attached hydrogen (secondary N) is 2. The number of carbonyl (C=O) groups is 1. The SMILES string of the molecule is [C-]#[N+]c1ccc(NC(=O)C(C)(CS(=O)(=O)c2ccc(F)cc2)N[S+]([O-])C(C)(C)C)cc1C. The standard InChI is InChI=1S/C22H26FN3O4S2/c1-15-13-17(9-12-19(15)24-6)25-20(27)22(5,26-31(28)21(2,3)4)14-32(29,30)18-10-7-16(23)8-11-18/h7-13,26H,14H2,1-5H3,(H,25,27). The van der Waals surface area contributed by atoms with Gasteiger partial charge in [-0.2, -0.15) is 0 Å². The highest BCUT2D eigenvalue weighted by molar-refractivity contribution is 7.92. The molecule has 0 spiro atoms. The third kappa shape index (κ3) is 6.29. The molecule has 7 nitrogen and oxygen atoms in total. The number of carbonyl (C=O) groups excluding carboxylic acids is 1. The molecule has 0 saturated carbocycles. The van der Waals surface area contributed by atoms with Crippen molar-refractivity contribution in [3.05, 3.63) is 65.3 Å². The number of sulfone groups is 1. The van der Waals surface area contributed by atoms with Crippen molar-refractivity contribution in [1.29, 1.82) is 0 Å². The number of halogens is 1. The van der Waals surface area contributed by atoms with Crippen LogP contribution in [0.15, 0.2) is 47.4 Å². The van der Waals surface area contributed by atoms with Crippen LogP contribution < -0.4 is 10.0 Å². The third-order valence-electron chi connectivity index (χ3n) is 4.60. The second kappa shape index (κ2) is 9.58. The molecule has 2 rings (SSSR count). The predicted molar refractivity (Wildman–Crippen MR) is 124 cm³/mol. The van der Waals surface area contributed by atoms with Gasteiger partial charge in [0, 0.05) is 17.0 Å². The van der Waals surface area contributed by atoms with E-state index < -0.39 is 49.0 Å². The van der Waals surface area contributed by atoms with Crippen LogP contribution in [-0.2, 0) is 26.0 Å². The number of aryl methyl sites for hydroxylation is 1. The van der Waals surface area contributed by atoms with Gasteiger partial charge in [-0.15, -0.1) is 4.72 Å². The van der Waals surface area contributed by atoms with E-state index in [1.807, 2.05) is 0 Å². The van der Waals surface area contributed by atoms with Gasteiger partial charge in [0.1, 0.15) is 10.6 Å². The molecule has 2 unspecified atom stereocenters. The largest absolute Gasteiger partial charge is 0.598 e. The lowest BCUT2D eigenvalue weighted by molar-refractivity contribution is -0.120. The Morgan fingerprint density at radius 3 is 2.25 bits per heavy atom. The van der Waals surface area contributed by atoms with Crippen molar-refractivity contribution in [2.24, 2.45) is 0 Å². The quantitative estimate of drug-likeness (QED) is 0.356. The molecule has 32 heavy (non-hydrogen) atoms. The van der Waals surface area contributed by atoms with Gasteiger partial charge < -0.3 is 9.87 Å². The normalized spacial score (nSPS) is 14.8. The van der Waals surface area contributed by atoms with Crippen LogP contribution in [0, 0.1) is 19.3 Å². The van der Waals surface area contributed by atoms with Crippen molar-refractivity contribution in [2.75, 3.05) is 11.1 Å². The first kappa shape index (κ1) is 25.8. The Morgan fingerprint density at radius 2 is 1.75 bits per heavy atom. The first-order valence-electron chi connectivity index (χ1n) is 9.65. The summed E-state index contributed by atoms with van der Waals surface area (Å²) >= 11 is -1.76. The van der Waals surface area contributed by atoms with E-state index in [9.17, 15) is 22.2 Å². The minimum Gasteiger partial charge on any atom is -0.598 e. The molecule has 2 aromatic rings. The molecule has 1 amide bonds. The predicted octanol–water partition coefficient (Wildman–Crippen LogP) is 3.91. The number of anilines is 1. The van der Waals surface area contributed by atoms with Gasteiger partial charge in [-0.25, -0.2) is 17.7 Å². The van der Waals surface area contributed by atoms with Crippen LogP contribution in [-0.4, -0.2) is 34.9 Å². The summed E-state index contributed by atoms with van der Waals surface area (Å²) in [5.41, 5.74) is -0.340. The van der Waals surface area contributed by atoms with E-state index in [1.54, 1.807) is 39.8 Å². The number of rotatable bonds is 7. The highest BCUT2D eigenvalue weighted by Gasteiger charge is 2.45. The van der Waals surface area contributed by atoms with Gasteiger partial charge in [0.05, 0.1) is 17.2 Å². The summed E-state index contributed by atoms with van der Waals surface area (Å²) in [6, 6.07) is 8.96. The lowest BCUT2D eigenvalue weighted by atomic mass is 10.1. The van der Waals surface area contributed by atoms with Crippen molar-refractivity contribution in [2.45, 2.75) is 49.8 Å². The van der Waals surface area contributed by atoms with Gasteiger partial charge in [0.15, 0.2) is 21.1 Å². The summed E-state index contributed by atoms with van der Waals surface area (Å²) < 4.78 is 54.0. The van der Waals surface area contributed by atoms with Gasteiger partial charge in [0.2, 0.25) is 5.91 Å². The first-order valence-corrected chi connectivity index (χ1v) is 12.5. The van der Waals surface area contributed by atoms with Crippen molar-refractivity contribution in [3.63, 3.8) is 0 Å². The monoisotopic (exact) mass is 479 g/mol. The van der Waals surface area contributed by atoms with Crippen molar-refractivity contribution in [1.82, 2.24) is 4.72 Å². The highest BCUT2D eigenvalue weighted by Crippen LogP contribution is 2.26. The summed E-state index contributed by atoms with van der Waals surface area (Å²) in [6.07, 6.45) is 0. The summed E-state index contributed by atoms with van der Waals surface area (Å²) in [6.45, 7) is 15.3. The van der Waals surface area contributed by atoms with E-state index >= 15 is 0 Å². The average molecular weight is 480 g/mol. The van der Waals surface area contributed by atoms with E-state index in [-0.39, 0.29) is 4.90 Å². The molecule has 0 radical (unpaired) electrons. The van der Waals surface area contributed by atoms with Crippen LogP contribution in [0.1, 0.15) is 33.3 Å². The van der Waals surface area contributed by atoms with Crippen LogP contribution in [0.4, 0.5) is 15.8 Å². The second-order valence-electron chi connectivity index (χ2n) is 8.60. The van der Waals surface area contributed by atoms with E-state index in [0.717, 1.165) is 24.3 Å². The minimum absolute atomic E-state index is 0.154. The summed E-state index contributed by atoms with van der Waals surface area (Å²) in [4.78, 5) is 16.5. The topological polar surface area (TPSA) is 103 Å². The fraction of sp³-hybridized carbons (Fsp3) is 0.364. The summed E-state index contributed by atoms with van der Waals surface area (Å²) in [7, 11) is -4.05. The fourth-order valence-electron chi connectivity index (χ4n) is 2.73. The third-order valence-corrected chi connectivity index (χ3v) is 8.30. The van der Waals surface area contributed by atoms with Crippen molar-refractivity contribution in [3.8, 4) is 0 Å². The second-order valence-corrected chi connectivity index (χ2v) is 12.6. The Labute approximate surface area is 191 Å². The molecule has 172 valence electrons. The molecule has 0 aliphatic carbocycles. The molecule has 0 aromatic heterocycles. The molecule has 2 aromatic carbocycles. The van der Waals surface area contributed by atoms with Gasteiger partial charge in [-0.1, -0.05) is 6.07 Å². The average Bonchev–Trinajstić information content (AvgIpc) is 2.67. The van der Waals surface area contributed by atoms with Gasteiger partial charge >= 0.3 is 0 Å². The molecule has 10 heteroatoms. The number of nitrogens with zero attached hydrogens (tertiary/aromatic N) is 1. The highest BCUT2D eigenvalue weighted by atomic mass is 32.2. The van der Waals surface area contributed by atoms with Crippen LogP contribution in [0.3, 0.4) is 0 Å². The zero-order valence-electron chi connectivity index (χ0n) is 18.5. The zero-order valence-corrected chi connectivity index (χ0v) is 20.2. The zero-order chi connectivity index (χ0) is 24.3. The number of benzene rings is 2. The molecular weight excluding hydrogens is 453 g/mol. The molecule has 0 fully saturated rings. The number of hydrogen-bond acceptors (Lipinski definition) is 5. The Balaban J connectivity index is 2.41. The Morgan fingerprint density at radius 1 is 1.16 bits per heavy atom. The maximum atomic E-state index is 13.2. The molecule has 0 aliphatic heterocycles. The van der Waals surface area contributed by atoms with E-state index in [1.165, 1.54) is 13.0 Å². The van der Waals surface area contributed by atoms with Gasteiger partial charge in [-0.3, -0.25) is 4.79 Å². The van der Waals surface area contributed by atoms with Crippen molar-refractivity contribution < 1.29 is 22.2 Å². The molecule has 0 aliphatic rings. The minimum atomic E-state index is -4.05. The number of amides is 1. The fourth-order valence-corrected chi connectivity index (χ4v) is 5.38. The van der Waals surface area contributed by atoms with Crippen LogP contribution >= 0.6 is 0 Å².